The average molecular weight is 374 g/mol. The van der Waals surface area contributed by atoms with E-state index in [2.05, 4.69) is 15.3 Å². The van der Waals surface area contributed by atoms with Crippen LogP contribution >= 0.6 is 11.8 Å². The Labute approximate surface area is 153 Å². The first kappa shape index (κ1) is 18.2. The summed E-state index contributed by atoms with van der Waals surface area (Å²) >= 11 is 1.22. The van der Waals surface area contributed by atoms with Crippen LogP contribution in [-0.4, -0.2) is 26.2 Å². The van der Waals surface area contributed by atoms with Gasteiger partial charge in [0.05, 0.1) is 11.3 Å². The molecule has 1 amide bonds. The Morgan fingerprint density at radius 3 is 2.77 bits per heavy atom. The summed E-state index contributed by atoms with van der Waals surface area (Å²) in [5.41, 5.74) is 2.63. The quantitative estimate of drug-likeness (QED) is 0.513. The summed E-state index contributed by atoms with van der Waals surface area (Å²) in [6, 6.07) is 7.78. The molecular formula is C18H19FN4O2S. The SMILES string of the molecule is CCn1c(SCC(=O)NCc2ccc(F)cc2)nc2cc(C)[nH]c2c1=O. The van der Waals surface area contributed by atoms with E-state index in [1.54, 1.807) is 16.7 Å². The number of hydrogen-bond acceptors (Lipinski definition) is 4. The Bertz CT molecular complexity index is 995. The monoisotopic (exact) mass is 374 g/mol. The molecular weight excluding hydrogens is 355 g/mol. The molecule has 1 aromatic carbocycles. The average Bonchev–Trinajstić information content (AvgIpc) is 3.00. The van der Waals surface area contributed by atoms with Gasteiger partial charge in [0.1, 0.15) is 11.3 Å². The highest BCUT2D eigenvalue weighted by Gasteiger charge is 2.13. The number of carbonyl (C=O) groups is 1. The number of aryl methyl sites for hydroxylation is 1. The predicted molar refractivity (Wildman–Crippen MR) is 99.7 cm³/mol. The van der Waals surface area contributed by atoms with E-state index in [0.717, 1.165) is 11.3 Å². The lowest BCUT2D eigenvalue weighted by molar-refractivity contribution is -0.118. The first-order valence-corrected chi connectivity index (χ1v) is 9.20. The maximum Gasteiger partial charge on any atom is 0.278 e. The highest BCUT2D eigenvalue weighted by Crippen LogP contribution is 2.18. The predicted octanol–water partition coefficient (Wildman–Crippen LogP) is 2.60. The van der Waals surface area contributed by atoms with Gasteiger partial charge in [0.25, 0.3) is 5.56 Å². The van der Waals surface area contributed by atoms with Crippen LogP contribution in [-0.2, 0) is 17.9 Å². The minimum atomic E-state index is -0.311. The Morgan fingerprint density at radius 1 is 1.35 bits per heavy atom. The maximum atomic E-state index is 12.9. The van der Waals surface area contributed by atoms with E-state index in [0.29, 0.717) is 29.3 Å². The lowest BCUT2D eigenvalue weighted by atomic mass is 10.2. The number of hydrogen-bond donors (Lipinski definition) is 2. The van der Waals surface area contributed by atoms with E-state index in [9.17, 15) is 14.0 Å². The number of rotatable bonds is 6. The minimum Gasteiger partial charge on any atom is -0.353 e. The standard InChI is InChI=1S/C18H19FN4O2S/c1-3-23-17(25)16-14(8-11(2)21-16)22-18(23)26-10-15(24)20-9-12-4-6-13(19)7-5-12/h4-8,21H,3,9-10H2,1-2H3,(H,20,24). The molecule has 0 aliphatic rings. The molecule has 6 nitrogen and oxygen atoms in total. The normalized spacial score (nSPS) is 11.0. The van der Waals surface area contributed by atoms with E-state index in [1.165, 1.54) is 23.9 Å². The molecule has 0 aliphatic carbocycles. The summed E-state index contributed by atoms with van der Waals surface area (Å²) in [4.78, 5) is 32.1. The van der Waals surface area contributed by atoms with Crippen molar-refractivity contribution in [2.45, 2.75) is 32.1 Å². The minimum absolute atomic E-state index is 0.139. The molecule has 2 N–H and O–H groups in total. The maximum absolute atomic E-state index is 12.9. The van der Waals surface area contributed by atoms with Crippen molar-refractivity contribution in [1.29, 1.82) is 0 Å². The van der Waals surface area contributed by atoms with Crippen LogP contribution in [0.5, 0.6) is 0 Å². The molecule has 0 atom stereocenters. The van der Waals surface area contributed by atoms with Crippen molar-refractivity contribution >= 4 is 28.7 Å². The number of aromatic nitrogens is 3. The van der Waals surface area contributed by atoms with E-state index >= 15 is 0 Å². The topological polar surface area (TPSA) is 79.8 Å². The van der Waals surface area contributed by atoms with Crippen LogP contribution in [0.15, 0.2) is 40.3 Å². The number of benzene rings is 1. The van der Waals surface area contributed by atoms with Crippen molar-refractivity contribution in [3.05, 3.63) is 57.8 Å². The summed E-state index contributed by atoms with van der Waals surface area (Å²) in [6.07, 6.45) is 0. The highest BCUT2D eigenvalue weighted by atomic mass is 32.2. The molecule has 2 heterocycles. The molecule has 0 fully saturated rings. The molecule has 0 saturated carbocycles. The van der Waals surface area contributed by atoms with Crippen LogP contribution in [0.3, 0.4) is 0 Å². The molecule has 0 unspecified atom stereocenters. The summed E-state index contributed by atoms with van der Waals surface area (Å²) in [5.74, 6) is -0.348. The fraction of sp³-hybridized carbons (Fsp3) is 0.278. The van der Waals surface area contributed by atoms with Crippen molar-refractivity contribution in [2.75, 3.05) is 5.75 Å². The summed E-state index contributed by atoms with van der Waals surface area (Å²) in [6.45, 7) is 4.53. The van der Waals surface area contributed by atoms with Gasteiger partial charge in [0.2, 0.25) is 5.91 Å². The number of amides is 1. The Morgan fingerprint density at radius 2 is 2.08 bits per heavy atom. The van der Waals surface area contributed by atoms with Crippen molar-refractivity contribution in [2.24, 2.45) is 0 Å². The van der Waals surface area contributed by atoms with Crippen molar-refractivity contribution in [3.8, 4) is 0 Å². The van der Waals surface area contributed by atoms with Crippen molar-refractivity contribution in [3.63, 3.8) is 0 Å². The van der Waals surface area contributed by atoms with Gasteiger partial charge in [0, 0.05) is 18.8 Å². The van der Waals surface area contributed by atoms with E-state index in [4.69, 9.17) is 0 Å². The highest BCUT2D eigenvalue weighted by molar-refractivity contribution is 7.99. The van der Waals surface area contributed by atoms with Gasteiger partial charge in [-0.1, -0.05) is 23.9 Å². The van der Waals surface area contributed by atoms with Gasteiger partial charge in [-0.3, -0.25) is 14.2 Å². The van der Waals surface area contributed by atoms with Crippen molar-refractivity contribution in [1.82, 2.24) is 19.9 Å². The third kappa shape index (κ3) is 3.96. The summed E-state index contributed by atoms with van der Waals surface area (Å²) in [7, 11) is 0. The third-order valence-electron chi connectivity index (χ3n) is 3.89. The van der Waals surface area contributed by atoms with Gasteiger partial charge >= 0.3 is 0 Å². The molecule has 26 heavy (non-hydrogen) atoms. The van der Waals surface area contributed by atoms with Crippen LogP contribution < -0.4 is 10.9 Å². The van der Waals surface area contributed by atoms with Crippen molar-refractivity contribution < 1.29 is 9.18 Å². The number of nitrogens with zero attached hydrogens (tertiary/aromatic N) is 2. The van der Waals surface area contributed by atoms with Crippen LogP contribution in [0, 0.1) is 12.7 Å². The Hall–Kier alpha value is -2.61. The fourth-order valence-electron chi connectivity index (χ4n) is 2.58. The van der Waals surface area contributed by atoms with Gasteiger partial charge in [-0.25, -0.2) is 9.37 Å². The van der Waals surface area contributed by atoms with Crippen LogP contribution in [0.4, 0.5) is 4.39 Å². The summed E-state index contributed by atoms with van der Waals surface area (Å²) in [5, 5.41) is 3.29. The van der Waals surface area contributed by atoms with Gasteiger partial charge in [0.15, 0.2) is 5.16 Å². The zero-order valence-electron chi connectivity index (χ0n) is 14.5. The van der Waals surface area contributed by atoms with E-state index < -0.39 is 0 Å². The molecule has 0 saturated heterocycles. The number of carbonyl (C=O) groups excluding carboxylic acids is 1. The lowest BCUT2D eigenvalue weighted by Gasteiger charge is -2.10. The molecule has 8 heteroatoms. The molecule has 2 aromatic heterocycles. The van der Waals surface area contributed by atoms with Crippen LogP contribution in [0.25, 0.3) is 11.0 Å². The second kappa shape index (κ2) is 7.74. The fourth-order valence-corrected chi connectivity index (χ4v) is 3.48. The summed E-state index contributed by atoms with van der Waals surface area (Å²) < 4.78 is 14.4. The lowest BCUT2D eigenvalue weighted by Crippen LogP contribution is -2.26. The molecule has 3 rings (SSSR count). The molecule has 0 aliphatic heterocycles. The van der Waals surface area contributed by atoms with Crippen LogP contribution in [0.2, 0.25) is 0 Å². The molecule has 0 bridgehead atoms. The van der Waals surface area contributed by atoms with Gasteiger partial charge < -0.3 is 10.3 Å². The number of nitrogens with one attached hydrogen (secondary N) is 2. The Kier molecular flexibility index (Phi) is 5.41. The molecule has 0 radical (unpaired) electrons. The first-order valence-electron chi connectivity index (χ1n) is 8.22. The van der Waals surface area contributed by atoms with Gasteiger partial charge in [-0.15, -0.1) is 0 Å². The molecule has 0 spiro atoms. The zero-order chi connectivity index (χ0) is 18.7. The third-order valence-corrected chi connectivity index (χ3v) is 4.87. The first-order chi connectivity index (χ1) is 12.5. The van der Waals surface area contributed by atoms with E-state index in [-0.39, 0.29) is 23.0 Å². The number of thioether (sulfide) groups is 1. The number of halogens is 1. The van der Waals surface area contributed by atoms with Crippen LogP contribution in [0.1, 0.15) is 18.2 Å². The molecule has 136 valence electrons. The number of H-pyrrole nitrogens is 1. The molecule has 3 aromatic rings. The van der Waals surface area contributed by atoms with E-state index in [1.807, 2.05) is 19.9 Å². The number of aromatic amines is 1. The second-order valence-corrected chi connectivity index (χ2v) is 6.79. The smallest absolute Gasteiger partial charge is 0.278 e. The number of fused-ring (bicyclic) bond motifs is 1. The van der Waals surface area contributed by atoms with Gasteiger partial charge in [-0.2, -0.15) is 0 Å². The Balaban J connectivity index is 1.67. The largest absolute Gasteiger partial charge is 0.353 e. The zero-order valence-corrected chi connectivity index (χ0v) is 15.3. The van der Waals surface area contributed by atoms with Gasteiger partial charge in [-0.05, 0) is 37.6 Å². The second-order valence-electron chi connectivity index (χ2n) is 5.85.